The topological polar surface area (TPSA) is 91.3 Å². The van der Waals surface area contributed by atoms with Gasteiger partial charge in [-0.1, -0.05) is 151 Å². The van der Waals surface area contributed by atoms with Crippen LogP contribution in [0, 0.1) is 63.2 Å². The molecular weight excluding hydrogens is 1280 g/mol. The second-order valence-corrected chi connectivity index (χ2v) is 33.4. The summed E-state index contributed by atoms with van der Waals surface area (Å²) in [5, 5.41) is 7.56. The van der Waals surface area contributed by atoms with Gasteiger partial charge in [0.05, 0.1) is 22.7 Å². The zero-order valence-corrected chi connectivity index (χ0v) is 64.2. The van der Waals surface area contributed by atoms with Crippen molar-refractivity contribution in [3.8, 4) is 0 Å². The Kier molecular flexibility index (Phi) is 12.5. The molecule has 2 spiro atoms. The van der Waals surface area contributed by atoms with E-state index in [-0.39, 0.29) is 22.9 Å². The molecule has 0 N–H and O–H groups in total. The lowest BCUT2D eigenvalue weighted by atomic mass is 9.68. The van der Waals surface area contributed by atoms with Crippen LogP contribution in [0.1, 0.15) is 261 Å². The minimum absolute atomic E-state index is 0.0926. The van der Waals surface area contributed by atoms with Crippen LogP contribution in [0.4, 0.5) is 22.7 Å². The third kappa shape index (κ3) is 11.7. The Hall–Kier alpha value is -7.98. The molecule has 18 rings (SSSR count). The van der Waals surface area contributed by atoms with Crippen LogP contribution in [0.5, 0.6) is 0 Å². The van der Waals surface area contributed by atoms with Crippen LogP contribution in [-0.2, 0) is 0 Å². The second-order valence-electron chi connectivity index (χ2n) is 33.4. The van der Waals surface area contributed by atoms with E-state index < -0.39 is 98.0 Å². The van der Waals surface area contributed by atoms with Crippen molar-refractivity contribution in [2.75, 3.05) is 19.6 Å². The standard InChI is InChI=1S/C25H32N2O.C25H31NO.C22H28N2O.C22H27NO/c1-16-9-11-19-20-12-10-17(2)26-23(20)28-22(19)21(16)27-18(3)25(15-24(27,4)5)13-7-6-8-14-25;1-17-12-13-20-19-10-6-7-11-21(19)27-23(20)22(17)26-18(2)25(16-24(26,3)4)14-8-5-9-15-25;1-13-8-10-16-17-11-9-14(2)23-20(17)25-19(16)18(13)24-15(3)21(4,5)12-22(24,6)7;1-14-11-12-17-16-9-7-8-10-18(16)24-20(17)19(14)23-15(2)21(3,4)13-22(23,5)6/h9-12,18H,6-8,13-15H2,1-5H3;6-7,10-13,18H,5,8-9,14-16H2,1-4H3;8-11,15H,12H2,1-7H3;7-12,15H,13H2,1-6H3/i15D2;16D2;4D3,5D3,12D2;3D3,4D3,13D2. The van der Waals surface area contributed by atoms with E-state index in [1.54, 1.807) is 37.5 Å². The molecule has 0 bridgehead atoms. The number of anilines is 4. The first-order chi connectivity index (χ1) is 57.3. The van der Waals surface area contributed by atoms with Crippen LogP contribution in [0.3, 0.4) is 0 Å². The van der Waals surface area contributed by atoms with Crippen LogP contribution in [0.25, 0.3) is 88.0 Å². The summed E-state index contributed by atoms with van der Waals surface area (Å²) in [5.74, 6) is 0. The summed E-state index contributed by atoms with van der Waals surface area (Å²) in [6.07, 6.45) is 3.01. The molecule has 4 unspecified atom stereocenters. The van der Waals surface area contributed by atoms with E-state index in [1.165, 1.54) is 26.7 Å². The van der Waals surface area contributed by atoms with E-state index in [2.05, 4.69) is 118 Å². The van der Waals surface area contributed by atoms with Crippen molar-refractivity contribution in [3.63, 3.8) is 0 Å². The highest BCUT2D eigenvalue weighted by Gasteiger charge is 2.57. The first-order valence-electron chi connectivity index (χ1n) is 47.8. The maximum atomic E-state index is 9.34. The lowest BCUT2D eigenvalue weighted by Gasteiger charge is -2.41. The number of aromatic nitrogens is 2. The Morgan fingerprint density at radius 1 is 0.337 bits per heavy atom. The van der Waals surface area contributed by atoms with Crippen molar-refractivity contribution in [2.24, 2.45) is 21.7 Å². The van der Waals surface area contributed by atoms with Gasteiger partial charge >= 0.3 is 0 Å². The lowest BCUT2D eigenvalue weighted by Crippen LogP contribution is -2.44. The molecule has 0 radical (unpaired) electrons. The van der Waals surface area contributed by atoms with Crippen LogP contribution in [0.2, 0.25) is 0 Å². The third-order valence-electron chi connectivity index (χ3n) is 24.5. The molecule has 6 aliphatic rings. The smallest absolute Gasteiger partial charge is 0.227 e. The Morgan fingerprint density at radius 2 is 0.625 bits per heavy atom. The van der Waals surface area contributed by atoms with E-state index in [9.17, 15) is 5.48 Å². The van der Waals surface area contributed by atoms with Crippen LogP contribution in [-0.4, -0.2) is 56.3 Å². The predicted molar refractivity (Wildman–Crippen MR) is 440 cm³/mol. The van der Waals surface area contributed by atoms with Crippen molar-refractivity contribution < 1.29 is 45.1 Å². The number of para-hydroxylation sites is 2. The molecule has 6 aromatic heterocycles. The quantitative estimate of drug-likeness (QED) is 0.170. The predicted octanol–water partition coefficient (Wildman–Crippen LogP) is 26.4. The van der Waals surface area contributed by atoms with Crippen molar-refractivity contribution in [2.45, 2.75) is 288 Å². The van der Waals surface area contributed by atoms with Crippen LogP contribution in [0.15, 0.2) is 139 Å². The number of pyridine rings is 2. The van der Waals surface area contributed by atoms with Crippen molar-refractivity contribution in [3.05, 3.63) is 155 Å². The van der Waals surface area contributed by atoms with Gasteiger partial charge in [-0.2, -0.15) is 0 Å². The average Bonchev–Trinajstić information content (AvgIpc) is 1.50. The summed E-state index contributed by atoms with van der Waals surface area (Å²) in [6, 6.07) is 37.5. The molecule has 548 valence electrons. The first-order valence-corrected chi connectivity index (χ1v) is 37.8. The Labute approximate surface area is 647 Å². The molecule has 10 heteroatoms. The van der Waals surface area contributed by atoms with Gasteiger partial charge in [0.2, 0.25) is 11.4 Å². The SMILES string of the molecule is [2H]C([2H])([2H])C1(C([2H])([2H])[2H])C(C)N(c2c(C)ccc3c2oc2ccccc23)C(C)(C)C1([2H])[2H].[2H]C([2H])([2H])C1(C([2H])([2H])[2H])C(C)N(c2c(C)ccc3c2oc2nc(C)ccc23)C(C)(C)C1([2H])[2H].[2H]C1([2H])C2(CCCCC2)C(C)N(c2c(C)ccc3c2oc2ccccc23)C1(C)C.[2H]C1([2H])C2(CCCCC2)C(C)N(c2c(C)ccc3c2oc2nc(C)ccc23)C1(C)C. The number of benzene rings is 6. The lowest BCUT2D eigenvalue weighted by molar-refractivity contribution is 0.170. The van der Waals surface area contributed by atoms with Gasteiger partial charge in [-0.25, -0.2) is 9.97 Å². The maximum absolute atomic E-state index is 9.34. The normalized spacial score (nSPS) is 28.6. The summed E-state index contributed by atoms with van der Waals surface area (Å²) in [4.78, 5) is 17.0. The molecule has 2 aliphatic carbocycles. The number of furan rings is 4. The van der Waals surface area contributed by atoms with E-state index in [0.29, 0.717) is 39.6 Å². The third-order valence-corrected chi connectivity index (χ3v) is 24.5. The zero-order valence-electron chi connectivity index (χ0n) is 84.2. The summed E-state index contributed by atoms with van der Waals surface area (Å²) in [5.41, 5.74) is 3.77. The van der Waals surface area contributed by atoms with Gasteiger partial charge in [-0.15, -0.1) is 0 Å². The van der Waals surface area contributed by atoms with Crippen molar-refractivity contribution in [1.29, 1.82) is 0 Å². The summed E-state index contributed by atoms with van der Waals surface area (Å²) < 4.78 is 197. The molecule has 10 nitrogen and oxygen atoms in total. The van der Waals surface area contributed by atoms with E-state index in [0.717, 1.165) is 156 Å². The van der Waals surface area contributed by atoms with Crippen molar-refractivity contribution >= 4 is 111 Å². The van der Waals surface area contributed by atoms with E-state index in [4.69, 9.17) is 39.6 Å². The van der Waals surface area contributed by atoms with Crippen molar-refractivity contribution in [1.82, 2.24) is 9.97 Å². The van der Waals surface area contributed by atoms with Gasteiger partial charge in [0.25, 0.3) is 0 Å². The summed E-state index contributed by atoms with van der Waals surface area (Å²) in [6.45, 7) is 21.5. The van der Waals surface area contributed by atoms with Crippen LogP contribution >= 0.6 is 0 Å². The number of aryl methyl sites for hydroxylation is 6. The minimum Gasteiger partial charge on any atom is -0.454 e. The van der Waals surface area contributed by atoms with Gasteiger partial charge < -0.3 is 37.3 Å². The Bertz CT molecular complexity index is 6150. The zero-order chi connectivity index (χ0) is 91.1. The number of nitrogens with zero attached hydrogens (tertiary/aromatic N) is 6. The highest BCUT2D eigenvalue weighted by atomic mass is 16.3. The molecule has 4 saturated heterocycles. The minimum atomic E-state index is -3.10. The Balaban J connectivity index is 0.000000128. The highest BCUT2D eigenvalue weighted by Crippen LogP contribution is 2.60. The van der Waals surface area contributed by atoms with Gasteiger partial charge in [-0.05, 0) is 256 Å². The molecule has 10 heterocycles. The molecule has 2 saturated carbocycles. The van der Waals surface area contributed by atoms with Gasteiger partial charge in [0.15, 0.2) is 22.3 Å². The van der Waals surface area contributed by atoms with Gasteiger partial charge in [0.1, 0.15) is 11.2 Å². The monoisotopic (exact) mass is 1420 g/mol. The number of hydrogen-bond donors (Lipinski definition) is 0. The second kappa shape index (κ2) is 25.4. The number of hydrogen-bond acceptors (Lipinski definition) is 10. The molecule has 104 heavy (non-hydrogen) atoms. The number of rotatable bonds is 4. The summed E-state index contributed by atoms with van der Waals surface area (Å²) >= 11 is 0. The fourth-order valence-corrected chi connectivity index (χ4v) is 19.7. The van der Waals surface area contributed by atoms with Crippen LogP contribution < -0.4 is 19.6 Å². The summed E-state index contributed by atoms with van der Waals surface area (Å²) in [7, 11) is 0. The fourth-order valence-electron chi connectivity index (χ4n) is 19.7. The molecule has 4 atom stereocenters. The molecule has 6 aromatic carbocycles. The molecule has 12 aromatic rings. The fraction of sp³-hybridized carbons (Fsp3) is 0.511. The molecule has 0 amide bonds. The molecule has 4 aliphatic heterocycles. The molecule has 6 fully saturated rings. The Morgan fingerprint density at radius 3 is 0.952 bits per heavy atom. The van der Waals surface area contributed by atoms with Gasteiger partial charge in [0, 0.05) is 128 Å². The molecular formula is C94H118N6O4. The van der Waals surface area contributed by atoms with E-state index >= 15 is 0 Å². The van der Waals surface area contributed by atoms with Gasteiger partial charge in [-0.3, -0.25) is 0 Å². The largest absolute Gasteiger partial charge is 0.454 e. The highest BCUT2D eigenvalue weighted by molar-refractivity contribution is 6.12. The number of fused-ring (bicyclic) bond motifs is 12. The maximum Gasteiger partial charge on any atom is 0.227 e. The van der Waals surface area contributed by atoms with E-state index in [1.807, 2.05) is 107 Å². The first kappa shape index (κ1) is 51.3. The average molecular weight is 1420 g/mol.